The Hall–Kier alpha value is -3.11. The molecule has 0 radical (unpaired) electrons. The van der Waals surface area contributed by atoms with Crippen LogP contribution in [0.1, 0.15) is 0 Å². The summed E-state index contributed by atoms with van der Waals surface area (Å²) in [7, 11) is 0. The SMILES string of the molecule is O=C(CSc1nccc(-c2ccccn2)n1)N1CCOC(COc2ncccn2)C1. The average molecular weight is 424 g/mol. The summed E-state index contributed by atoms with van der Waals surface area (Å²) in [5.74, 6) is 0.261. The Morgan fingerprint density at radius 2 is 1.93 bits per heavy atom. The first kappa shape index (κ1) is 20.2. The van der Waals surface area contributed by atoms with Gasteiger partial charge in [-0.3, -0.25) is 9.78 Å². The molecule has 1 aliphatic rings. The highest BCUT2D eigenvalue weighted by molar-refractivity contribution is 7.99. The number of hydrogen-bond acceptors (Lipinski definition) is 9. The zero-order chi connectivity index (χ0) is 20.6. The minimum atomic E-state index is -0.222. The van der Waals surface area contributed by atoms with Crippen LogP contribution in [0, 0.1) is 0 Å². The van der Waals surface area contributed by atoms with E-state index in [1.165, 1.54) is 11.8 Å². The number of amides is 1. The topological polar surface area (TPSA) is 103 Å². The standard InChI is InChI=1S/C20H20N6O3S/c27-18(14-30-20-24-9-5-17(25-20)16-4-1-2-6-21-16)26-10-11-28-15(12-26)13-29-19-22-7-3-8-23-19/h1-9,15H,10-14H2. The number of hydrogen-bond donors (Lipinski definition) is 0. The third-order valence-corrected chi connectivity index (χ3v) is 5.16. The summed E-state index contributed by atoms with van der Waals surface area (Å²) >= 11 is 1.31. The van der Waals surface area contributed by atoms with Crippen molar-refractivity contribution in [3.8, 4) is 17.4 Å². The zero-order valence-electron chi connectivity index (χ0n) is 16.1. The molecule has 3 aromatic heterocycles. The van der Waals surface area contributed by atoms with E-state index in [9.17, 15) is 4.79 Å². The molecule has 4 rings (SSSR count). The highest BCUT2D eigenvalue weighted by Crippen LogP contribution is 2.19. The number of ether oxygens (including phenoxy) is 2. The van der Waals surface area contributed by atoms with Gasteiger partial charge in [0.05, 0.1) is 30.3 Å². The third-order valence-electron chi connectivity index (χ3n) is 4.32. The van der Waals surface area contributed by atoms with E-state index in [-0.39, 0.29) is 24.4 Å². The lowest BCUT2D eigenvalue weighted by Gasteiger charge is -2.32. The van der Waals surface area contributed by atoms with Gasteiger partial charge in [0.1, 0.15) is 12.7 Å². The quantitative estimate of drug-likeness (QED) is 0.414. The van der Waals surface area contributed by atoms with E-state index in [1.807, 2.05) is 18.2 Å². The molecule has 3 aromatic rings. The molecule has 0 aliphatic carbocycles. The second-order valence-electron chi connectivity index (χ2n) is 6.40. The summed E-state index contributed by atoms with van der Waals surface area (Å²) in [5.41, 5.74) is 1.50. The van der Waals surface area contributed by atoms with Gasteiger partial charge in [-0.15, -0.1) is 0 Å². The molecule has 9 nitrogen and oxygen atoms in total. The summed E-state index contributed by atoms with van der Waals surface area (Å²) < 4.78 is 11.2. The maximum Gasteiger partial charge on any atom is 0.316 e. The molecule has 4 heterocycles. The van der Waals surface area contributed by atoms with Crippen LogP contribution in [0.2, 0.25) is 0 Å². The van der Waals surface area contributed by atoms with E-state index in [1.54, 1.807) is 41.8 Å². The van der Waals surface area contributed by atoms with Crippen LogP contribution in [0.5, 0.6) is 6.01 Å². The van der Waals surface area contributed by atoms with Crippen molar-refractivity contribution in [3.63, 3.8) is 0 Å². The van der Waals surface area contributed by atoms with E-state index < -0.39 is 0 Å². The molecule has 1 saturated heterocycles. The molecule has 0 bridgehead atoms. The van der Waals surface area contributed by atoms with Gasteiger partial charge in [-0.05, 0) is 24.3 Å². The largest absolute Gasteiger partial charge is 0.461 e. The van der Waals surface area contributed by atoms with Gasteiger partial charge >= 0.3 is 6.01 Å². The fourth-order valence-electron chi connectivity index (χ4n) is 2.86. The maximum absolute atomic E-state index is 12.7. The third kappa shape index (κ3) is 5.49. The Labute approximate surface area is 177 Å². The maximum atomic E-state index is 12.7. The predicted octanol–water partition coefficient (Wildman–Crippen LogP) is 1.73. The fraction of sp³-hybridized carbons (Fsp3) is 0.300. The van der Waals surface area contributed by atoms with Gasteiger partial charge in [0, 0.05) is 31.3 Å². The van der Waals surface area contributed by atoms with Crippen molar-refractivity contribution in [2.24, 2.45) is 0 Å². The number of pyridine rings is 1. The van der Waals surface area contributed by atoms with Crippen molar-refractivity contribution in [2.75, 3.05) is 32.1 Å². The summed E-state index contributed by atoms with van der Waals surface area (Å²) in [6.07, 6.45) is 6.40. The van der Waals surface area contributed by atoms with Gasteiger partial charge < -0.3 is 14.4 Å². The van der Waals surface area contributed by atoms with Crippen LogP contribution in [0.3, 0.4) is 0 Å². The lowest BCUT2D eigenvalue weighted by Crippen LogP contribution is -2.48. The molecule has 1 aliphatic heterocycles. The molecule has 1 atom stereocenters. The van der Waals surface area contributed by atoms with Crippen molar-refractivity contribution in [1.29, 1.82) is 0 Å². The first-order valence-corrected chi connectivity index (χ1v) is 10.4. The number of carbonyl (C=O) groups is 1. The molecule has 0 aromatic carbocycles. The summed E-state index contributed by atoms with van der Waals surface area (Å²) in [4.78, 5) is 35.5. The fourth-order valence-corrected chi connectivity index (χ4v) is 3.59. The number of rotatable bonds is 7. The van der Waals surface area contributed by atoms with Gasteiger partial charge in [0.25, 0.3) is 0 Å². The minimum absolute atomic E-state index is 0.0103. The molecule has 1 amide bonds. The molecule has 30 heavy (non-hydrogen) atoms. The first-order valence-electron chi connectivity index (χ1n) is 9.44. The van der Waals surface area contributed by atoms with Crippen LogP contribution >= 0.6 is 11.8 Å². The molecule has 10 heteroatoms. The van der Waals surface area contributed by atoms with Crippen molar-refractivity contribution in [1.82, 2.24) is 29.8 Å². The van der Waals surface area contributed by atoms with Gasteiger partial charge in [-0.1, -0.05) is 17.8 Å². The smallest absolute Gasteiger partial charge is 0.316 e. The Bertz CT molecular complexity index is 963. The number of thioether (sulfide) groups is 1. The van der Waals surface area contributed by atoms with Crippen molar-refractivity contribution >= 4 is 17.7 Å². The molecular formula is C20H20N6O3S. The van der Waals surface area contributed by atoms with Crippen LogP contribution < -0.4 is 4.74 Å². The second-order valence-corrected chi connectivity index (χ2v) is 7.35. The molecule has 0 spiro atoms. The minimum Gasteiger partial charge on any atom is -0.461 e. The van der Waals surface area contributed by atoms with Crippen molar-refractivity contribution in [3.05, 3.63) is 55.1 Å². The Balaban J connectivity index is 1.28. The predicted molar refractivity (Wildman–Crippen MR) is 110 cm³/mol. The van der Waals surface area contributed by atoms with Crippen molar-refractivity contribution < 1.29 is 14.3 Å². The van der Waals surface area contributed by atoms with Crippen LogP contribution in [0.25, 0.3) is 11.4 Å². The van der Waals surface area contributed by atoms with Gasteiger partial charge in [0.2, 0.25) is 5.91 Å². The number of aromatic nitrogens is 5. The normalized spacial score (nSPS) is 16.3. The Morgan fingerprint density at radius 1 is 1.07 bits per heavy atom. The van der Waals surface area contributed by atoms with Gasteiger partial charge in [0.15, 0.2) is 5.16 Å². The van der Waals surface area contributed by atoms with Crippen LogP contribution in [0.4, 0.5) is 0 Å². The Morgan fingerprint density at radius 3 is 2.77 bits per heavy atom. The molecule has 0 N–H and O–H groups in total. The highest BCUT2D eigenvalue weighted by Gasteiger charge is 2.25. The molecular weight excluding hydrogens is 404 g/mol. The zero-order valence-corrected chi connectivity index (χ0v) is 16.9. The molecule has 1 fully saturated rings. The van der Waals surface area contributed by atoms with Crippen LogP contribution in [-0.4, -0.2) is 73.9 Å². The summed E-state index contributed by atoms with van der Waals surface area (Å²) in [6, 6.07) is 9.47. The van der Waals surface area contributed by atoms with E-state index in [0.29, 0.717) is 30.9 Å². The van der Waals surface area contributed by atoms with Crippen molar-refractivity contribution in [2.45, 2.75) is 11.3 Å². The first-order chi connectivity index (χ1) is 14.8. The number of morpholine rings is 1. The van der Waals surface area contributed by atoms with Crippen LogP contribution in [-0.2, 0) is 9.53 Å². The number of carbonyl (C=O) groups excluding carboxylic acids is 1. The summed E-state index contributed by atoms with van der Waals surface area (Å²) in [5, 5.41) is 0.542. The van der Waals surface area contributed by atoms with Gasteiger partial charge in [-0.2, -0.15) is 0 Å². The monoisotopic (exact) mass is 424 g/mol. The second kappa shape index (κ2) is 10.1. The highest BCUT2D eigenvalue weighted by atomic mass is 32.2. The Kier molecular flexibility index (Phi) is 6.78. The van der Waals surface area contributed by atoms with Crippen LogP contribution in [0.15, 0.2) is 60.3 Å². The van der Waals surface area contributed by atoms with Gasteiger partial charge in [-0.25, -0.2) is 19.9 Å². The molecule has 1 unspecified atom stereocenters. The molecule has 154 valence electrons. The van der Waals surface area contributed by atoms with E-state index >= 15 is 0 Å². The van der Waals surface area contributed by atoms with E-state index in [0.717, 1.165) is 11.4 Å². The average Bonchev–Trinajstić information content (AvgIpc) is 2.83. The van der Waals surface area contributed by atoms with E-state index in [2.05, 4.69) is 24.9 Å². The number of nitrogens with zero attached hydrogens (tertiary/aromatic N) is 6. The molecule has 0 saturated carbocycles. The lowest BCUT2D eigenvalue weighted by molar-refractivity contribution is -0.137. The lowest BCUT2D eigenvalue weighted by atomic mass is 10.3. The van der Waals surface area contributed by atoms with E-state index in [4.69, 9.17) is 9.47 Å². The summed E-state index contributed by atoms with van der Waals surface area (Å²) in [6.45, 7) is 1.76.